The number of alkyl halides is 3. The van der Waals surface area contributed by atoms with Crippen molar-refractivity contribution in [3.8, 4) is 5.75 Å². The van der Waals surface area contributed by atoms with Crippen LogP contribution in [0.4, 0.5) is 13.2 Å². The van der Waals surface area contributed by atoms with Crippen LogP contribution in [0.25, 0.3) is 0 Å². The minimum absolute atomic E-state index is 0.157. The SMILES string of the molecule is OC[C@@H]1CN(Cc2ccc(OC(F)(F)F)cc2)C[C@@H]1CN1CCOCC1. The van der Waals surface area contributed by atoms with Crippen LogP contribution >= 0.6 is 0 Å². The number of hydrogen-bond acceptors (Lipinski definition) is 5. The van der Waals surface area contributed by atoms with Crippen molar-refractivity contribution in [3.63, 3.8) is 0 Å². The number of ether oxygens (including phenoxy) is 2. The zero-order chi connectivity index (χ0) is 18.6. The summed E-state index contributed by atoms with van der Waals surface area (Å²) in [4.78, 5) is 4.63. The monoisotopic (exact) mass is 374 g/mol. The van der Waals surface area contributed by atoms with Gasteiger partial charge in [-0.2, -0.15) is 0 Å². The quantitative estimate of drug-likeness (QED) is 0.825. The normalized spacial score (nSPS) is 25.5. The Bertz CT molecular complexity index is 562. The molecule has 1 N–H and O–H groups in total. The lowest BCUT2D eigenvalue weighted by molar-refractivity contribution is -0.274. The van der Waals surface area contributed by atoms with Gasteiger partial charge in [0.1, 0.15) is 5.75 Å². The summed E-state index contributed by atoms with van der Waals surface area (Å²) in [5.41, 5.74) is 0.934. The van der Waals surface area contributed by atoms with Gasteiger partial charge in [0.2, 0.25) is 0 Å². The maximum Gasteiger partial charge on any atom is 0.573 e. The minimum atomic E-state index is -4.67. The molecule has 0 bridgehead atoms. The van der Waals surface area contributed by atoms with E-state index < -0.39 is 6.36 Å². The Labute approximate surface area is 151 Å². The van der Waals surface area contributed by atoms with E-state index in [1.54, 1.807) is 12.1 Å². The Morgan fingerprint density at radius 2 is 1.69 bits per heavy atom. The maximum atomic E-state index is 12.2. The third-order valence-corrected chi connectivity index (χ3v) is 5.05. The number of nitrogens with zero attached hydrogens (tertiary/aromatic N) is 2. The Kier molecular flexibility index (Phi) is 6.39. The summed E-state index contributed by atoms with van der Waals surface area (Å²) in [5, 5.41) is 9.70. The van der Waals surface area contributed by atoms with Crippen molar-refractivity contribution < 1.29 is 27.8 Å². The van der Waals surface area contributed by atoms with Crippen LogP contribution in [0.5, 0.6) is 5.75 Å². The Balaban J connectivity index is 1.53. The van der Waals surface area contributed by atoms with Gasteiger partial charge >= 0.3 is 6.36 Å². The summed E-state index contributed by atoms with van der Waals surface area (Å²) in [6, 6.07) is 6.00. The van der Waals surface area contributed by atoms with Crippen LogP contribution in [0.3, 0.4) is 0 Å². The molecule has 0 spiro atoms. The van der Waals surface area contributed by atoms with Crippen LogP contribution in [0, 0.1) is 11.8 Å². The largest absolute Gasteiger partial charge is 0.573 e. The van der Waals surface area contributed by atoms with Crippen LogP contribution in [-0.4, -0.2) is 73.8 Å². The van der Waals surface area contributed by atoms with E-state index in [0.717, 1.165) is 51.5 Å². The van der Waals surface area contributed by atoms with E-state index in [1.807, 2.05) is 0 Å². The molecule has 2 atom stereocenters. The van der Waals surface area contributed by atoms with E-state index in [4.69, 9.17) is 4.74 Å². The van der Waals surface area contributed by atoms with Crippen LogP contribution < -0.4 is 4.74 Å². The van der Waals surface area contributed by atoms with Crippen molar-refractivity contribution >= 4 is 0 Å². The fraction of sp³-hybridized carbons (Fsp3) is 0.667. The number of aliphatic hydroxyl groups is 1. The number of likely N-dealkylation sites (tertiary alicyclic amines) is 1. The van der Waals surface area contributed by atoms with Gasteiger partial charge in [0.25, 0.3) is 0 Å². The van der Waals surface area contributed by atoms with E-state index in [0.29, 0.717) is 12.5 Å². The third-order valence-electron chi connectivity index (χ3n) is 5.05. The molecule has 0 saturated carbocycles. The second-order valence-corrected chi connectivity index (χ2v) is 7.00. The van der Waals surface area contributed by atoms with E-state index in [1.165, 1.54) is 12.1 Å². The van der Waals surface area contributed by atoms with Crippen LogP contribution in [-0.2, 0) is 11.3 Å². The first-order chi connectivity index (χ1) is 12.4. The topological polar surface area (TPSA) is 45.2 Å². The fourth-order valence-corrected chi connectivity index (χ4v) is 3.75. The molecule has 26 heavy (non-hydrogen) atoms. The lowest BCUT2D eigenvalue weighted by Gasteiger charge is -2.30. The summed E-state index contributed by atoms with van der Waals surface area (Å²) in [7, 11) is 0. The molecular weight excluding hydrogens is 349 g/mol. The van der Waals surface area contributed by atoms with Crippen molar-refractivity contribution in [2.45, 2.75) is 12.9 Å². The molecule has 0 radical (unpaired) electrons. The van der Waals surface area contributed by atoms with Gasteiger partial charge in [-0.15, -0.1) is 13.2 Å². The molecule has 2 aliphatic heterocycles. The molecule has 1 aromatic carbocycles. The van der Waals surface area contributed by atoms with Gasteiger partial charge in [-0.1, -0.05) is 12.1 Å². The second kappa shape index (κ2) is 8.56. The molecule has 0 amide bonds. The summed E-state index contributed by atoms with van der Waals surface area (Å²) < 4.78 is 45.9. The average molecular weight is 374 g/mol. The van der Waals surface area contributed by atoms with Gasteiger partial charge in [0, 0.05) is 45.9 Å². The lowest BCUT2D eigenvalue weighted by Crippen LogP contribution is -2.41. The molecule has 8 heteroatoms. The molecule has 0 aliphatic carbocycles. The molecule has 0 unspecified atom stereocenters. The summed E-state index contributed by atoms with van der Waals surface area (Å²) in [6.45, 7) is 6.80. The number of benzene rings is 1. The summed E-state index contributed by atoms with van der Waals surface area (Å²) in [5.74, 6) is 0.415. The van der Waals surface area contributed by atoms with Crippen LogP contribution in [0.2, 0.25) is 0 Å². The standard InChI is InChI=1S/C18H25F3N2O3/c19-18(20,21)26-17-3-1-14(2-4-17)9-23-11-15(16(12-23)13-24)10-22-5-7-25-8-6-22/h1-4,15-16,24H,5-13H2/t15-,16-/m0/s1. The smallest absolute Gasteiger partial charge is 0.406 e. The molecule has 2 heterocycles. The highest BCUT2D eigenvalue weighted by molar-refractivity contribution is 5.27. The highest BCUT2D eigenvalue weighted by Gasteiger charge is 2.34. The number of hydrogen-bond donors (Lipinski definition) is 1. The molecule has 0 aromatic heterocycles. The molecular formula is C18H25F3N2O3. The van der Waals surface area contributed by atoms with E-state index in [-0.39, 0.29) is 18.3 Å². The Morgan fingerprint density at radius 3 is 2.31 bits per heavy atom. The van der Waals surface area contributed by atoms with Crippen molar-refractivity contribution in [1.29, 1.82) is 0 Å². The first-order valence-electron chi connectivity index (χ1n) is 8.91. The van der Waals surface area contributed by atoms with Gasteiger partial charge in [0.15, 0.2) is 0 Å². The predicted octanol–water partition coefficient (Wildman–Crippen LogP) is 1.96. The molecule has 5 nitrogen and oxygen atoms in total. The summed E-state index contributed by atoms with van der Waals surface area (Å²) in [6.07, 6.45) is -4.67. The molecule has 3 rings (SSSR count). The first-order valence-corrected chi connectivity index (χ1v) is 8.91. The van der Waals surface area contributed by atoms with Crippen LogP contribution in [0.1, 0.15) is 5.56 Å². The minimum Gasteiger partial charge on any atom is -0.406 e. The van der Waals surface area contributed by atoms with E-state index in [9.17, 15) is 18.3 Å². The van der Waals surface area contributed by atoms with Gasteiger partial charge in [-0.05, 0) is 29.5 Å². The number of aliphatic hydroxyl groups excluding tert-OH is 1. The lowest BCUT2D eigenvalue weighted by atomic mass is 9.96. The van der Waals surface area contributed by atoms with Crippen molar-refractivity contribution in [1.82, 2.24) is 9.80 Å². The van der Waals surface area contributed by atoms with E-state index in [2.05, 4.69) is 14.5 Å². The molecule has 1 aromatic rings. The molecule has 2 saturated heterocycles. The first kappa shape index (κ1) is 19.4. The predicted molar refractivity (Wildman–Crippen MR) is 89.7 cm³/mol. The number of rotatable bonds is 6. The van der Waals surface area contributed by atoms with Crippen molar-refractivity contribution in [3.05, 3.63) is 29.8 Å². The molecule has 146 valence electrons. The highest BCUT2D eigenvalue weighted by Crippen LogP contribution is 2.27. The molecule has 2 fully saturated rings. The Morgan fingerprint density at radius 1 is 1.04 bits per heavy atom. The van der Waals surface area contributed by atoms with Gasteiger partial charge in [-0.25, -0.2) is 0 Å². The van der Waals surface area contributed by atoms with Gasteiger partial charge in [0.05, 0.1) is 13.2 Å². The van der Waals surface area contributed by atoms with Crippen molar-refractivity contribution in [2.24, 2.45) is 11.8 Å². The molecule has 2 aliphatic rings. The number of halogens is 3. The zero-order valence-electron chi connectivity index (χ0n) is 14.6. The van der Waals surface area contributed by atoms with Crippen LogP contribution in [0.15, 0.2) is 24.3 Å². The summed E-state index contributed by atoms with van der Waals surface area (Å²) >= 11 is 0. The van der Waals surface area contributed by atoms with Crippen molar-refractivity contribution in [2.75, 3.05) is 52.5 Å². The van der Waals surface area contributed by atoms with E-state index >= 15 is 0 Å². The fourth-order valence-electron chi connectivity index (χ4n) is 3.75. The van der Waals surface area contributed by atoms with Gasteiger partial charge in [-0.3, -0.25) is 9.80 Å². The van der Waals surface area contributed by atoms with Gasteiger partial charge < -0.3 is 14.6 Å². The second-order valence-electron chi connectivity index (χ2n) is 7.00. The Hall–Kier alpha value is -1.35. The average Bonchev–Trinajstić information content (AvgIpc) is 2.98. The third kappa shape index (κ3) is 5.57. The maximum absolute atomic E-state index is 12.2. The number of morpholine rings is 1. The zero-order valence-corrected chi connectivity index (χ0v) is 14.6. The highest BCUT2D eigenvalue weighted by atomic mass is 19.4.